The Labute approximate surface area is 119 Å². The third kappa shape index (κ3) is 5.88. The smallest absolute Gasteiger partial charge is 0.233 e. The summed E-state index contributed by atoms with van der Waals surface area (Å²) in [4.78, 5) is 15.8. The van der Waals surface area contributed by atoms with Crippen LogP contribution in [0, 0.1) is 11.8 Å². The Kier molecular flexibility index (Phi) is 7.19. The summed E-state index contributed by atoms with van der Waals surface area (Å²) in [5.74, 6) is 5.93. The maximum Gasteiger partial charge on any atom is 0.233 e. The molecule has 1 heterocycles. The van der Waals surface area contributed by atoms with Gasteiger partial charge in [-0.25, -0.2) is 0 Å². The third-order valence-corrected chi connectivity index (χ3v) is 3.53. The van der Waals surface area contributed by atoms with E-state index in [1.807, 2.05) is 6.07 Å². The molecule has 0 spiro atoms. The van der Waals surface area contributed by atoms with Crippen LogP contribution in [0.4, 0.5) is 0 Å². The van der Waals surface area contributed by atoms with Crippen molar-refractivity contribution in [3.63, 3.8) is 0 Å². The summed E-state index contributed by atoms with van der Waals surface area (Å²) in [5.41, 5.74) is 5.35. The number of carbonyl (C=O) groups is 1. The van der Waals surface area contributed by atoms with Crippen molar-refractivity contribution in [1.82, 2.24) is 10.2 Å². The zero-order valence-corrected chi connectivity index (χ0v) is 12.3. The van der Waals surface area contributed by atoms with Gasteiger partial charge in [-0.15, -0.1) is 11.3 Å². The van der Waals surface area contributed by atoms with Gasteiger partial charge in [-0.2, -0.15) is 0 Å². The largest absolute Gasteiger partial charge is 0.358 e. The zero-order chi connectivity index (χ0) is 14.1. The molecule has 0 saturated heterocycles. The van der Waals surface area contributed by atoms with E-state index in [1.165, 1.54) is 4.88 Å². The number of hydrogen-bond donors (Lipinski definition) is 2. The Balaban J connectivity index is 2.62. The standard InChI is InChI=1S/C14H21N3OS/c1-3-9-17(11-14(18)16-2)10-13-7-6-12(19-13)5-4-8-15/h6-7H,3,8-11,15H2,1-2H3,(H,16,18). The van der Waals surface area contributed by atoms with E-state index in [-0.39, 0.29) is 5.91 Å². The fraction of sp³-hybridized carbons (Fsp3) is 0.500. The molecule has 0 aliphatic heterocycles. The van der Waals surface area contributed by atoms with Gasteiger partial charge in [0, 0.05) is 18.5 Å². The predicted molar refractivity (Wildman–Crippen MR) is 79.9 cm³/mol. The fourth-order valence-corrected chi connectivity index (χ4v) is 2.63. The molecular weight excluding hydrogens is 258 g/mol. The van der Waals surface area contributed by atoms with Gasteiger partial charge in [0.1, 0.15) is 0 Å². The Hall–Kier alpha value is -1.35. The van der Waals surface area contributed by atoms with Crippen LogP contribution in [0.3, 0.4) is 0 Å². The van der Waals surface area contributed by atoms with Gasteiger partial charge in [-0.1, -0.05) is 18.8 Å². The number of amides is 1. The van der Waals surface area contributed by atoms with Crippen molar-refractivity contribution < 1.29 is 4.79 Å². The molecule has 0 atom stereocenters. The number of carbonyl (C=O) groups excluding carboxylic acids is 1. The van der Waals surface area contributed by atoms with Gasteiger partial charge in [0.25, 0.3) is 0 Å². The summed E-state index contributed by atoms with van der Waals surface area (Å²) in [6, 6.07) is 4.07. The van der Waals surface area contributed by atoms with Gasteiger partial charge in [0.15, 0.2) is 0 Å². The molecule has 0 fully saturated rings. The van der Waals surface area contributed by atoms with Crippen LogP contribution in [-0.4, -0.2) is 37.5 Å². The minimum atomic E-state index is 0.0492. The van der Waals surface area contributed by atoms with E-state index in [0.29, 0.717) is 13.1 Å². The topological polar surface area (TPSA) is 58.4 Å². The minimum Gasteiger partial charge on any atom is -0.358 e. The van der Waals surface area contributed by atoms with Crippen molar-refractivity contribution >= 4 is 17.2 Å². The molecule has 1 aromatic heterocycles. The van der Waals surface area contributed by atoms with Gasteiger partial charge in [-0.3, -0.25) is 9.69 Å². The molecular formula is C14H21N3OS. The highest BCUT2D eigenvalue weighted by Gasteiger charge is 2.10. The summed E-state index contributed by atoms with van der Waals surface area (Å²) >= 11 is 1.66. The lowest BCUT2D eigenvalue weighted by molar-refractivity contribution is -0.121. The molecule has 104 valence electrons. The van der Waals surface area contributed by atoms with Crippen LogP contribution in [0.15, 0.2) is 12.1 Å². The maximum absolute atomic E-state index is 11.4. The Morgan fingerprint density at radius 3 is 2.95 bits per heavy atom. The second kappa shape index (κ2) is 8.70. The average molecular weight is 279 g/mol. The van der Waals surface area contributed by atoms with Crippen LogP contribution in [-0.2, 0) is 11.3 Å². The first-order valence-electron chi connectivity index (χ1n) is 6.40. The van der Waals surface area contributed by atoms with Gasteiger partial charge in [0.05, 0.1) is 18.0 Å². The fourth-order valence-electron chi connectivity index (χ4n) is 1.70. The monoisotopic (exact) mass is 279 g/mol. The molecule has 0 unspecified atom stereocenters. The van der Waals surface area contributed by atoms with Crippen LogP contribution in [0.5, 0.6) is 0 Å². The van der Waals surface area contributed by atoms with E-state index >= 15 is 0 Å². The molecule has 1 rings (SSSR count). The highest BCUT2D eigenvalue weighted by atomic mass is 32.1. The molecule has 4 nitrogen and oxygen atoms in total. The summed E-state index contributed by atoms with van der Waals surface area (Å²) in [6.07, 6.45) is 1.03. The van der Waals surface area contributed by atoms with Crippen LogP contribution >= 0.6 is 11.3 Å². The Morgan fingerprint density at radius 2 is 2.32 bits per heavy atom. The maximum atomic E-state index is 11.4. The lowest BCUT2D eigenvalue weighted by atomic mass is 10.3. The quantitative estimate of drug-likeness (QED) is 0.764. The Bertz CT molecular complexity index is 459. The van der Waals surface area contributed by atoms with Gasteiger partial charge < -0.3 is 11.1 Å². The molecule has 3 N–H and O–H groups in total. The van der Waals surface area contributed by atoms with Crippen molar-refractivity contribution in [2.75, 3.05) is 26.7 Å². The number of nitrogens with two attached hydrogens (primary N) is 1. The highest BCUT2D eigenvalue weighted by molar-refractivity contribution is 7.12. The lowest BCUT2D eigenvalue weighted by Crippen LogP contribution is -2.35. The van der Waals surface area contributed by atoms with Gasteiger partial charge in [-0.05, 0) is 25.1 Å². The first-order valence-corrected chi connectivity index (χ1v) is 7.21. The number of thiophene rings is 1. The van der Waals surface area contributed by atoms with E-state index in [4.69, 9.17) is 5.73 Å². The molecule has 5 heteroatoms. The van der Waals surface area contributed by atoms with Crippen molar-refractivity contribution in [2.45, 2.75) is 19.9 Å². The average Bonchev–Trinajstić information content (AvgIpc) is 2.84. The third-order valence-electron chi connectivity index (χ3n) is 2.54. The number of rotatable bonds is 6. The SMILES string of the molecule is CCCN(CC(=O)NC)Cc1ccc(C#CCN)s1. The van der Waals surface area contributed by atoms with Crippen LogP contribution in [0.2, 0.25) is 0 Å². The molecule has 1 aromatic rings. The number of likely N-dealkylation sites (N-methyl/N-ethyl adjacent to an activating group) is 1. The summed E-state index contributed by atoms with van der Waals surface area (Å²) in [5, 5.41) is 2.66. The van der Waals surface area contributed by atoms with E-state index in [0.717, 1.165) is 24.4 Å². The molecule has 0 bridgehead atoms. The first kappa shape index (κ1) is 15.7. The molecule has 0 saturated carbocycles. The van der Waals surface area contributed by atoms with Crippen molar-refractivity contribution in [3.8, 4) is 11.8 Å². The Morgan fingerprint density at radius 1 is 1.53 bits per heavy atom. The van der Waals surface area contributed by atoms with Gasteiger partial charge in [0.2, 0.25) is 5.91 Å². The van der Waals surface area contributed by atoms with E-state index in [2.05, 4.69) is 35.0 Å². The summed E-state index contributed by atoms with van der Waals surface area (Å²) < 4.78 is 0. The van der Waals surface area contributed by atoms with Crippen molar-refractivity contribution in [2.24, 2.45) is 5.73 Å². The number of nitrogens with one attached hydrogen (secondary N) is 1. The molecule has 0 radical (unpaired) electrons. The van der Waals surface area contributed by atoms with Crippen LogP contribution < -0.4 is 11.1 Å². The zero-order valence-electron chi connectivity index (χ0n) is 11.5. The van der Waals surface area contributed by atoms with Crippen LogP contribution in [0.1, 0.15) is 23.1 Å². The normalized spacial score (nSPS) is 10.1. The molecule has 1 amide bonds. The van der Waals surface area contributed by atoms with E-state index in [1.54, 1.807) is 18.4 Å². The molecule has 19 heavy (non-hydrogen) atoms. The van der Waals surface area contributed by atoms with E-state index < -0.39 is 0 Å². The minimum absolute atomic E-state index is 0.0492. The highest BCUT2D eigenvalue weighted by Crippen LogP contribution is 2.17. The van der Waals surface area contributed by atoms with Crippen LogP contribution in [0.25, 0.3) is 0 Å². The first-order chi connectivity index (χ1) is 9.19. The summed E-state index contributed by atoms with van der Waals surface area (Å²) in [7, 11) is 1.66. The molecule has 0 aliphatic carbocycles. The van der Waals surface area contributed by atoms with E-state index in [9.17, 15) is 4.79 Å². The van der Waals surface area contributed by atoms with Gasteiger partial charge >= 0.3 is 0 Å². The molecule has 0 aromatic carbocycles. The summed E-state index contributed by atoms with van der Waals surface area (Å²) in [6.45, 7) is 4.63. The lowest BCUT2D eigenvalue weighted by Gasteiger charge is -2.19. The second-order valence-corrected chi connectivity index (χ2v) is 5.32. The number of nitrogens with zero attached hydrogens (tertiary/aromatic N) is 1. The molecule has 0 aliphatic rings. The second-order valence-electron chi connectivity index (χ2n) is 4.16. The van der Waals surface area contributed by atoms with Crippen molar-refractivity contribution in [1.29, 1.82) is 0 Å². The number of hydrogen-bond acceptors (Lipinski definition) is 4. The predicted octanol–water partition coefficient (Wildman–Crippen LogP) is 1.02. The van der Waals surface area contributed by atoms with Crippen molar-refractivity contribution in [3.05, 3.63) is 21.9 Å².